The first-order valence-electron chi connectivity index (χ1n) is 8.26. The third-order valence-electron chi connectivity index (χ3n) is 4.49. The lowest BCUT2D eigenvalue weighted by Crippen LogP contribution is -2.40. The Kier molecular flexibility index (Phi) is 4.66. The summed E-state index contributed by atoms with van der Waals surface area (Å²) in [4.78, 5) is 16.9. The van der Waals surface area contributed by atoms with Crippen molar-refractivity contribution in [2.45, 2.75) is 38.6 Å². The van der Waals surface area contributed by atoms with E-state index in [-0.39, 0.29) is 11.7 Å². The highest BCUT2D eigenvalue weighted by Gasteiger charge is 2.30. The van der Waals surface area contributed by atoms with Gasteiger partial charge >= 0.3 is 0 Å². The maximum absolute atomic E-state index is 12.9. The minimum absolute atomic E-state index is 0.0132. The van der Waals surface area contributed by atoms with Crippen LogP contribution in [-0.2, 0) is 11.3 Å². The van der Waals surface area contributed by atoms with Crippen molar-refractivity contribution in [1.29, 1.82) is 0 Å². The molecule has 1 saturated heterocycles. The van der Waals surface area contributed by atoms with Crippen LogP contribution in [-0.4, -0.2) is 40.4 Å². The summed E-state index contributed by atoms with van der Waals surface area (Å²) in [5.74, 6) is 0.267. The number of piperidine rings is 1. The summed E-state index contributed by atoms with van der Waals surface area (Å²) in [5, 5.41) is 10.3. The van der Waals surface area contributed by atoms with E-state index >= 15 is 0 Å². The third kappa shape index (κ3) is 3.26. The Balaban J connectivity index is 1.80. The van der Waals surface area contributed by atoms with Crippen LogP contribution < -0.4 is 0 Å². The fourth-order valence-electron chi connectivity index (χ4n) is 3.32. The molecule has 22 heavy (non-hydrogen) atoms. The van der Waals surface area contributed by atoms with Crippen LogP contribution in [0.5, 0.6) is 0 Å². The van der Waals surface area contributed by atoms with Crippen LogP contribution in [0.25, 0.3) is 0 Å². The molecule has 118 valence electrons. The molecule has 1 fully saturated rings. The normalized spacial score (nSPS) is 20.3. The number of hydrogen-bond acceptors (Lipinski definition) is 3. The molecule has 0 bridgehead atoms. The number of likely N-dealkylation sites (tertiary alicyclic amines) is 1. The number of allylic oxidation sites excluding steroid dienone is 1. The van der Waals surface area contributed by atoms with Gasteiger partial charge < -0.3 is 14.9 Å². The third-order valence-corrected chi connectivity index (χ3v) is 4.49. The summed E-state index contributed by atoms with van der Waals surface area (Å²) in [5.41, 5.74) is 1.68. The number of hydrogen-bond donors (Lipinski definition) is 1. The number of benzene rings is 1. The van der Waals surface area contributed by atoms with E-state index in [2.05, 4.69) is 4.90 Å². The van der Waals surface area contributed by atoms with E-state index in [1.807, 2.05) is 35.2 Å². The molecule has 0 radical (unpaired) electrons. The molecule has 2 aliphatic rings. The molecule has 2 aliphatic heterocycles. The summed E-state index contributed by atoms with van der Waals surface area (Å²) in [6.45, 7) is 3.08. The van der Waals surface area contributed by atoms with Gasteiger partial charge in [0, 0.05) is 32.6 Å². The van der Waals surface area contributed by atoms with Gasteiger partial charge in [-0.2, -0.15) is 0 Å². The second-order valence-corrected chi connectivity index (χ2v) is 6.16. The minimum Gasteiger partial charge on any atom is -0.510 e. The van der Waals surface area contributed by atoms with Crippen molar-refractivity contribution in [2.75, 3.05) is 19.6 Å². The number of carbonyl (C=O) groups excluding carboxylic acids is 1. The topological polar surface area (TPSA) is 43.8 Å². The first-order valence-corrected chi connectivity index (χ1v) is 8.26. The van der Waals surface area contributed by atoms with Gasteiger partial charge in [-0.3, -0.25) is 4.79 Å². The number of carbonyl (C=O) groups is 1. The molecule has 4 nitrogen and oxygen atoms in total. The van der Waals surface area contributed by atoms with Gasteiger partial charge in [-0.25, -0.2) is 0 Å². The quantitative estimate of drug-likeness (QED) is 0.933. The Labute approximate surface area is 132 Å². The Bertz CT molecular complexity index is 547. The highest BCUT2D eigenvalue weighted by Crippen LogP contribution is 2.24. The monoisotopic (exact) mass is 300 g/mol. The van der Waals surface area contributed by atoms with Crippen molar-refractivity contribution in [3.63, 3.8) is 0 Å². The molecule has 1 N–H and O–H groups in total. The van der Waals surface area contributed by atoms with E-state index in [1.165, 1.54) is 6.42 Å². The van der Waals surface area contributed by atoms with Crippen LogP contribution in [0.4, 0.5) is 0 Å². The van der Waals surface area contributed by atoms with E-state index < -0.39 is 0 Å². The molecule has 0 saturated carbocycles. The van der Waals surface area contributed by atoms with Crippen molar-refractivity contribution in [3.8, 4) is 0 Å². The van der Waals surface area contributed by atoms with E-state index in [0.717, 1.165) is 37.9 Å². The largest absolute Gasteiger partial charge is 0.510 e. The molecule has 2 heterocycles. The zero-order valence-electron chi connectivity index (χ0n) is 13.0. The average Bonchev–Trinajstić information content (AvgIpc) is 2.68. The van der Waals surface area contributed by atoms with E-state index in [0.29, 0.717) is 25.2 Å². The Hall–Kier alpha value is -1.97. The Morgan fingerprint density at radius 1 is 0.955 bits per heavy atom. The van der Waals surface area contributed by atoms with Crippen LogP contribution in [0.1, 0.15) is 37.7 Å². The lowest BCUT2D eigenvalue weighted by Gasteiger charge is -2.32. The number of aliphatic hydroxyl groups is 1. The molecular weight excluding hydrogens is 276 g/mol. The lowest BCUT2D eigenvalue weighted by atomic mass is 10.1. The molecule has 0 unspecified atom stereocenters. The Morgan fingerprint density at radius 2 is 1.68 bits per heavy atom. The van der Waals surface area contributed by atoms with Gasteiger partial charge in [-0.1, -0.05) is 30.3 Å². The van der Waals surface area contributed by atoms with Crippen LogP contribution in [0.15, 0.2) is 41.8 Å². The fourth-order valence-corrected chi connectivity index (χ4v) is 3.32. The average molecular weight is 300 g/mol. The fraction of sp³-hybridized carbons (Fsp3) is 0.500. The highest BCUT2D eigenvalue weighted by atomic mass is 16.3. The molecular formula is C18H24N2O2. The smallest absolute Gasteiger partial charge is 0.273 e. The molecule has 1 aromatic carbocycles. The zero-order chi connectivity index (χ0) is 15.4. The first kappa shape index (κ1) is 14.9. The van der Waals surface area contributed by atoms with Crippen molar-refractivity contribution in [3.05, 3.63) is 47.4 Å². The van der Waals surface area contributed by atoms with Gasteiger partial charge in [0.2, 0.25) is 0 Å². The first-order chi connectivity index (χ1) is 10.8. The standard InChI is InChI=1S/C18H24N2O2/c21-16-10-7-13-20(14-15-8-3-1-4-9-15)18(22)17(16)19-11-5-2-6-12-19/h1,3-4,8-9,21H,2,5-7,10-14H2. The Morgan fingerprint density at radius 3 is 2.41 bits per heavy atom. The van der Waals surface area contributed by atoms with Crippen LogP contribution >= 0.6 is 0 Å². The maximum atomic E-state index is 12.9. The van der Waals surface area contributed by atoms with Gasteiger partial charge in [0.15, 0.2) is 0 Å². The second-order valence-electron chi connectivity index (χ2n) is 6.16. The minimum atomic E-state index is -0.0132. The highest BCUT2D eigenvalue weighted by molar-refractivity contribution is 5.93. The van der Waals surface area contributed by atoms with E-state index in [1.54, 1.807) is 0 Å². The van der Waals surface area contributed by atoms with E-state index in [4.69, 9.17) is 0 Å². The van der Waals surface area contributed by atoms with Crippen LogP contribution in [0.2, 0.25) is 0 Å². The molecule has 0 spiro atoms. The molecule has 0 aliphatic carbocycles. The second kappa shape index (κ2) is 6.86. The van der Waals surface area contributed by atoms with Crippen molar-refractivity contribution < 1.29 is 9.90 Å². The van der Waals surface area contributed by atoms with Crippen LogP contribution in [0, 0.1) is 0 Å². The van der Waals surface area contributed by atoms with Gasteiger partial charge in [0.1, 0.15) is 11.5 Å². The zero-order valence-corrected chi connectivity index (χ0v) is 13.0. The van der Waals surface area contributed by atoms with Crippen molar-refractivity contribution in [2.24, 2.45) is 0 Å². The lowest BCUT2D eigenvalue weighted by molar-refractivity contribution is -0.129. The molecule has 4 heteroatoms. The van der Waals surface area contributed by atoms with Crippen molar-refractivity contribution >= 4 is 5.91 Å². The molecule has 0 atom stereocenters. The van der Waals surface area contributed by atoms with Gasteiger partial charge in [0.25, 0.3) is 5.91 Å². The number of nitrogens with zero attached hydrogens (tertiary/aromatic N) is 2. The predicted octanol–water partition coefficient (Wildman–Crippen LogP) is 3.06. The molecule has 3 rings (SSSR count). The predicted molar refractivity (Wildman–Crippen MR) is 86.2 cm³/mol. The van der Waals surface area contributed by atoms with Crippen LogP contribution in [0.3, 0.4) is 0 Å². The summed E-state index contributed by atoms with van der Waals surface area (Å²) >= 11 is 0. The summed E-state index contributed by atoms with van der Waals surface area (Å²) in [6, 6.07) is 10.1. The van der Waals surface area contributed by atoms with Gasteiger partial charge in [-0.15, -0.1) is 0 Å². The van der Waals surface area contributed by atoms with Crippen molar-refractivity contribution in [1.82, 2.24) is 9.80 Å². The maximum Gasteiger partial charge on any atom is 0.273 e. The van der Waals surface area contributed by atoms with E-state index in [9.17, 15) is 9.90 Å². The summed E-state index contributed by atoms with van der Waals surface area (Å²) in [7, 11) is 0. The number of rotatable bonds is 3. The summed E-state index contributed by atoms with van der Waals surface area (Å²) in [6.07, 6.45) is 4.84. The SMILES string of the molecule is O=C1C(N2CCCCC2)=C(O)CCCN1Cc1ccccc1. The number of amides is 1. The number of aliphatic hydroxyl groups excluding tert-OH is 1. The summed E-state index contributed by atoms with van der Waals surface area (Å²) < 4.78 is 0. The molecule has 1 amide bonds. The molecule has 1 aromatic rings. The van der Waals surface area contributed by atoms with Gasteiger partial charge in [-0.05, 0) is 31.2 Å². The molecule has 0 aromatic heterocycles. The van der Waals surface area contributed by atoms with Gasteiger partial charge in [0.05, 0.1) is 0 Å².